The average Bonchev–Trinajstić information content (AvgIpc) is 3.36. The van der Waals surface area contributed by atoms with Crippen molar-refractivity contribution < 1.29 is 13.6 Å². The fourth-order valence-electron chi connectivity index (χ4n) is 3.57. The van der Waals surface area contributed by atoms with E-state index in [0.29, 0.717) is 24.4 Å². The van der Waals surface area contributed by atoms with Gasteiger partial charge in [0.25, 0.3) is 5.91 Å². The quantitative estimate of drug-likeness (QED) is 0.706. The number of aryl methyl sites for hydroxylation is 1. The van der Waals surface area contributed by atoms with Crippen LogP contribution in [-0.2, 0) is 33.0 Å². The molecule has 1 aliphatic carbocycles. The number of hydrogen-bond acceptors (Lipinski definition) is 3. The molecule has 0 saturated carbocycles. The lowest BCUT2D eigenvalue weighted by Gasteiger charge is -2.21. The van der Waals surface area contributed by atoms with Gasteiger partial charge in [-0.3, -0.25) is 9.48 Å². The molecule has 0 bridgehead atoms. The highest BCUT2D eigenvalue weighted by Crippen LogP contribution is 2.26. The molecule has 0 radical (unpaired) electrons. The van der Waals surface area contributed by atoms with Crippen molar-refractivity contribution in [3.63, 3.8) is 0 Å². The molecule has 1 aliphatic rings. The van der Waals surface area contributed by atoms with Gasteiger partial charge in [-0.1, -0.05) is 0 Å². The minimum absolute atomic E-state index is 0.168. The van der Waals surface area contributed by atoms with Crippen molar-refractivity contribution in [3.8, 4) is 0 Å². The topological polar surface area (TPSA) is 51.3 Å². The van der Waals surface area contributed by atoms with Gasteiger partial charge in [0.05, 0.1) is 25.0 Å². The van der Waals surface area contributed by atoms with E-state index in [4.69, 9.17) is 4.42 Å². The van der Waals surface area contributed by atoms with Gasteiger partial charge in [-0.25, -0.2) is 4.39 Å². The lowest BCUT2D eigenvalue weighted by Crippen LogP contribution is -2.30. The van der Waals surface area contributed by atoms with Crippen molar-refractivity contribution in [3.05, 3.63) is 76.8 Å². The Bertz CT molecular complexity index is 913. The minimum atomic E-state index is -0.360. The number of halogens is 1. The Balaban J connectivity index is 1.63. The fraction of sp³-hybridized carbons (Fsp3) is 0.300. The second-order valence-electron chi connectivity index (χ2n) is 6.60. The van der Waals surface area contributed by atoms with Gasteiger partial charge in [0.2, 0.25) is 0 Å². The van der Waals surface area contributed by atoms with Crippen molar-refractivity contribution in [1.82, 2.24) is 14.7 Å². The Labute approximate surface area is 151 Å². The van der Waals surface area contributed by atoms with Crippen LogP contribution in [0.1, 0.15) is 39.5 Å². The first kappa shape index (κ1) is 16.6. The summed E-state index contributed by atoms with van der Waals surface area (Å²) in [5.74, 6) is 0.175. The van der Waals surface area contributed by atoms with Crippen LogP contribution in [0.25, 0.3) is 0 Å². The van der Waals surface area contributed by atoms with Crippen molar-refractivity contribution in [2.45, 2.75) is 32.4 Å². The number of hydrogen-bond donors (Lipinski definition) is 0. The maximum Gasteiger partial charge on any atom is 0.254 e. The van der Waals surface area contributed by atoms with E-state index in [1.54, 1.807) is 17.2 Å². The van der Waals surface area contributed by atoms with Gasteiger partial charge in [0.1, 0.15) is 11.6 Å². The molecule has 2 heterocycles. The van der Waals surface area contributed by atoms with Crippen LogP contribution < -0.4 is 0 Å². The van der Waals surface area contributed by atoms with Crippen molar-refractivity contribution >= 4 is 5.91 Å². The number of carbonyl (C=O) groups is 1. The molecule has 2 aromatic heterocycles. The van der Waals surface area contributed by atoms with E-state index in [1.165, 1.54) is 35.5 Å². The van der Waals surface area contributed by atoms with Crippen molar-refractivity contribution in [1.29, 1.82) is 0 Å². The molecule has 0 fully saturated rings. The van der Waals surface area contributed by atoms with Crippen LogP contribution in [0.4, 0.5) is 4.39 Å². The summed E-state index contributed by atoms with van der Waals surface area (Å²) in [7, 11) is 1.95. The molecule has 0 saturated heterocycles. The van der Waals surface area contributed by atoms with Crippen molar-refractivity contribution in [2.75, 3.05) is 0 Å². The third kappa shape index (κ3) is 3.14. The molecule has 4 rings (SSSR count). The molecule has 0 N–H and O–H groups in total. The number of nitrogens with zero attached hydrogens (tertiary/aromatic N) is 3. The molecular formula is C20H20FN3O2. The van der Waals surface area contributed by atoms with E-state index in [9.17, 15) is 9.18 Å². The monoisotopic (exact) mass is 353 g/mol. The molecule has 0 aliphatic heterocycles. The van der Waals surface area contributed by atoms with Gasteiger partial charge in [0, 0.05) is 18.3 Å². The third-order valence-electron chi connectivity index (χ3n) is 4.84. The molecule has 5 nitrogen and oxygen atoms in total. The van der Waals surface area contributed by atoms with Crippen LogP contribution in [0.15, 0.2) is 47.1 Å². The number of amides is 1. The number of benzene rings is 1. The Morgan fingerprint density at radius 1 is 1.23 bits per heavy atom. The Kier molecular flexibility index (Phi) is 4.32. The first-order chi connectivity index (χ1) is 12.6. The third-order valence-corrected chi connectivity index (χ3v) is 4.84. The van der Waals surface area contributed by atoms with E-state index < -0.39 is 0 Å². The summed E-state index contributed by atoms with van der Waals surface area (Å²) in [6, 6.07) is 9.26. The van der Waals surface area contributed by atoms with Gasteiger partial charge in [-0.05, 0) is 61.2 Å². The molecule has 0 atom stereocenters. The zero-order valence-corrected chi connectivity index (χ0v) is 14.6. The Hall–Kier alpha value is -2.89. The fourth-order valence-corrected chi connectivity index (χ4v) is 3.57. The highest BCUT2D eigenvalue weighted by atomic mass is 19.1. The molecule has 134 valence electrons. The molecule has 3 aromatic rings. The molecule has 1 aromatic carbocycles. The smallest absolute Gasteiger partial charge is 0.254 e. The van der Waals surface area contributed by atoms with Crippen LogP contribution in [0.3, 0.4) is 0 Å². The number of rotatable bonds is 5. The van der Waals surface area contributed by atoms with Gasteiger partial charge >= 0.3 is 0 Å². The second kappa shape index (κ2) is 6.78. The predicted molar refractivity (Wildman–Crippen MR) is 93.9 cm³/mol. The second-order valence-corrected chi connectivity index (χ2v) is 6.60. The largest absolute Gasteiger partial charge is 0.467 e. The van der Waals surface area contributed by atoms with E-state index in [-0.39, 0.29) is 11.7 Å². The molecule has 1 amide bonds. The van der Waals surface area contributed by atoms with Crippen molar-refractivity contribution in [2.24, 2.45) is 7.05 Å². The van der Waals surface area contributed by atoms with Crippen LogP contribution in [-0.4, -0.2) is 20.6 Å². The zero-order valence-electron chi connectivity index (χ0n) is 14.6. The van der Waals surface area contributed by atoms with Crippen LogP contribution in [0.5, 0.6) is 0 Å². The van der Waals surface area contributed by atoms with Gasteiger partial charge in [-0.2, -0.15) is 5.10 Å². The number of carbonyl (C=O) groups excluding carboxylic acids is 1. The molecule has 26 heavy (non-hydrogen) atoms. The maximum absolute atomic E-state index is 13.2. The zero-order chi connectivity index (χ0) is 18.1. The summed E-state index contributed by atoms with van der Waals surface area (Å²) in [5.41, 5.74) is 3.89. The standard InChI is InChI=1S/C20H20FN3O2/c1-23-19-6-2-5-17(19)18(22-23)13-24(12-16-4-3-11-26-16)20(25)14-7-9-15(21)10-8-14/h3-4,7-11H,2,5-6,12-13H2,1H3. The summed E-state index contributed by atoms with van der Waals surface area (Å²) >= 11 is 0. The number of fused-ring (bicyclic) bond motifs is 1. The van der Waals surface area contributed by atoms with Crippen LogP contribution in [0, 0.1) is 5.82 Å². The summed E-state index contributed by atoms with van der Waals surface area (Å²) in [6.45, 7) is 0.745. The summed E-state index contributed by atoms with van der Waals surface area (Å²) in [5, 5.41) is 4.62. The lowest BCUT2D eigenvalue weighted by atomic mass is 10.1. The SMILES string of the molecule is Cn1nc(CN(Cc2ccco2)C(=O)c2ccc(F)cc2)c2c1CCC2. The molecule has 0 unspecified atom stereocenters. The van der Waals surface area contributed by atoms with E-state index >= 15 is 0 Å². The summed E-state index contributed by atoms with van der Waals surface area (Å²) in [4.78, 5) is 14.7. The van der Waals surface area contributed by atoms with Crippen LogP contribution in [0.2, 0.25) is 0 Å². The molecule has 0 spiro atoms. The summed E-state index contributed by atoms with van der Waals surface area (Å²) < 4.78 is 20.6. The first-order valence-electron chi connectivity index (χ1n) is 8.72. The highest BCUT2D eigenvalue weighted by molar-refractivity contribution is 5.94. The molecule has 6 heteroatoms. The van der Waals surface area contributed by atoms with Gasteiger partial charge in [0.15, 0.2) is 0 Å². The Morgan fingerprint density at radius 2 is 2.04 bits per heavy atom. The number of aromatic nitrogens is 2. The maximum atomic E-state index is 13.2. The average molecular weight is 353 g/mol. The minimum Gasteiger partial charge on any atom is -0.467 e. The van der Waals surface area contributed by atoms with Crippen LogP contribution >= 0.6 is 0 Å². The highest BCUT2D eigenvalue weighted by Gasteiger charge is 2.25. The first-order valence-corrected chi connectivity index (χ1v) is 8.72. The number of furan rings is 1. The van der Waals surface area contributed by atoms with E-state index in [1.807, 2.05) is 17.8 Å². The van der Waals surface area contributed by atoms with E-state index in [0.717, 1.165) is 25.0 Å². The van der Waals surface area contributed by atoms with E-state index in [2.05, 4.69) is 5.10 Å². The van der Waals surface area contributed by atoms with Gasteiger partial charge < -0.3 is 9.32 Å². The lowest BCUT2D eigenvalue weighted by molar-refractivity contribution is 0.0714. The molecular weight excluding hydrogens is 333 g/mol. The normalized spacial score (nSPS) is 13.0. The summed E-state index contributed by atoms with van der Waals surface area (Å²) in [6.07, 6.45) is 4.74. The van der Waals surface area contributed by atoms with Gasteiger partial charge in [-0.15, -0.1) is 0 Å². The Morgan fingerprint density at radius 3 is 2.77 bits per heavy atom. The predicted octanol–water partition coefficient (Wildman–Crippen LogP) is 3.48.